The van der Waals surface area contributed by atoms with Crippen molar-refractivity contribution in [3.05, 3.63) is 22.5 Å². The van der Waals surface area contributed by atoms with E-state index >= 15 is 0 Å². The van der Waals surface area contributed by atoms with Gasteiger partial charge in [-0.2, -0.15) is 0 Å². The fourth-order valence-corrected chi connectivity index (χ4v) is 1.95. The molecule has 18 heavy (non-hydrogen) atoms. The summed E-state index contributed by atoms with van der Waals surface area (Å²) >= 11 is 0. The zero-order valence-corrected chi connectivity index (χ0v) is 11.4. The summed E-state index contributed by atoms with van der Waals surface area (Å²) in [6, 6.07) is 0. The first-order chi connectivity index (χ1) is 8.43. The van der Waals surface area contributed by atoms with Crippen LogP contribution in [-0.2, 0) is 9.47 Å². The smallest absolute Gasteiger partial charge is 0.355 e. The summed E-state index contributed by atoms with van der Waals surface area (Å²) in [5.41, 5.74) is 2.03. The molecular formula is C13H19NO4. The van der Waals surface area contributed by atoms with Gasteiger partial charge in [0.2, 0.25) is 0 Å². The molecule has 1 aromatic rings. The van der Waals surface area contributed by atoms with E-state index in [2.05, 4.69) is 4.98 Å². The van der Waals surface area contributed by atoms with Crippen LogP contribution in [0.25, 0.3) is 0 Å². The van der Waals surface area contributed by atoms with E-state index in [0.29, 0.717) is 29.1 Å². The molecule has 0 aliphatic rings. The maximum absolute atomic E-state index is 11.8. The number of ether oxygens (including phenoxy) is 2. The van der Waals surface area contributed by atoms with Crippen LogP contribution in [0.1, 0.15) is 58.8 Å². The largest absolute Gasteiger partial charge is 0.465 e. The maximum atomic E-state index is 11.8. The summed E-state index contributed by atoms with van der Waals surface area (Å²) in [5, 5.41) is 0. The molecule has 0 radical (unpaired) electrons. The Hall–Kier alpha value is -1.78. The fraction of sp³-hybridized carbons (Fsp3) is 0.538. The highest BCUT2D eigenvalue weighted by molar-refractivity contribution is 5.99. The third kappa shape index (κ3) is 2.55. The summed E-state index contributed by atoms with van der Waals surface area (Å²) < 4.78 is 9.73. The Morgan fingerprint density at radius 3 is 2.33 bits per heavy atom. The third-order valence-corrected chi connectivity index (χ3v) is 2.67. The van der Waals surface area contributed by atoms with Crippen LogP contribution in [0.15, 0.2) is 0 Å². The van der Waals surface area contributed by atoms with E-state index in [9.17, 15) is 9.59 Å². The van der Waals surface area contributed by atoms with Gasteiger partial charge < -0.3 is 14.5 Å². The van der Waals surface area contributed by atoms with Gasteiger partial charge in [0.15, 0.2) is 0 Å². The molecule has 0 aliphatic heterocycles. The lowest BCUT2D eigenvalue weighted by molar-refractivity contribution is 0.0518. The Labute approximate surface area is 106 Å². The Kier molecular flexibility index (Phi) is 4.53. The van der Waals surface area contributed by atoms with Gasteiger partial charge in [-0.15, -0.1) is 0 Å². The Bertz CT molecular complexity index is 460. The minimum Gasteiger partial charge on any atom is -0.465 e. The lowest BCUT2D eigenvalue weighted by atomic mass is 9.97. The van der Waals surface area contributed by atoms with Crippen molar-refractivity contribution in [1.29, 1.82) is 0 Å². The van der Waals surface area contributed by atoms with Crippen molar-refractivity contribution in [2.24, 2.45) is 0 Å². The monoisotopic (exact) mass is 253 g/mol. The summed E-state index contributed by atoms with van der Waals surface area (Å²) in [6.45, 7) is 7.60. The topological polar surface area (TPSA) is 68.4 Å². The van der Waals surface area contributed by atoms with Gasteiger partial charge in [0, 0.05) is 11.3 Å². The molecule has 0 atom stereocenters. The van der Waals surface area contributed by atoms with Crippen LogP contribution < -0.4 is 0 Å². The Morgan fingerprint density at radius 2 is 1.89 bits per heavy atom. The van der Waals surface area contributed by atoms with Crippen LogP contribution in [-0.4, -0.2) is 30.6 Å². The number of hydrogen-bond acceptors (Lipinski definition) is 4. The number of methoxy groups -OCH3 is 1. The predicted octanol–water partition coefficient (Wildman–Crippen LogP) is 2.41. The number of nitrogens with one attached hydrogen (secondary N) is 1. The highest BCUT2D eigenvalue weighted by atomic mass is 16.5. The van der Waals surface area contributed by atoms with Crippen molar-refractivity contribution >= 4 is 11.9 Å². The molecule has 0 aliphatic carbocycles. The van der Waals surface area contributed by atoms with E-state index in [-0.39, 0.29) is 5.92 Å². The van der Waals surface area contributed by atoms with Crippen molar-refractivity contribution in [1.82, 2.24) is 4.98 Å². The minimum atomic E-state index is -0.445. The average Bonchev–Trinajstić information content (AvgIpc) is 2.66. The Morgan fingerprint density at radius 1 is 1.28 bits per heavy atom. The van der Waals surface area contributed by atoms with Crippen LogP contribution >= 0.6 is 0 Å². The number of carbonyl (C=O) groups excluding carboxylic acids is 2. The number of hydrogen-bond donors (Lipinski definition) is 1. The fourth-order valence-electron chi connectivity index (χ4n) is 1.95. The number of esters is 2. The van der Waals surface area contributed by atoms with Crippen LogP contribution in [0.2, 0.25) is 0 Å². The molecule has 5 heteroatoms. The number of carbonyl (C=O) groups is 2. The zero-order valence-electron chi connectivity index (χ0n) is 11.4. The van der Waals surface area contributed by atoms with Crippen LogP contribution in [0.4, 0.5) is 0 Å². The molecule has 1 rings (SSSR count). The molecule has 0 bridgehead atoms. The number of aromatic amines is 1. The standard InChI is InChI=1S/C13H19NO4/c1-6-18-13(16)11-9(7(2)3)10(8(4)14-11)12(15)17-5/h7,14H,6H2,1-5H3. The second-order valence-corrected chi connectivity index (χ2v) is 4.28. The first kappa shape index (κ1) is 14.3. The van der Waals surface area contributed by atoms with Crippen LogP contribution in [0.3, 0.4) is 0 Å². The predicted molar refractivity (Wildman–Crippen MR) is 66.9 cm³/mol. The van der Waals surface area contributed by atoms with Gasteiger partial charge in [0.05, 0.1) is 19.3 Å². The van der Waals surface area contributed by atoms with E-state index in [0.717, 1.165) is 0 Å². The first-order valence-electron chi connectivity index (χ1n) is 5.91. The number of aryl methyl sites for hydroxylation is 1. The first-order valence-corrected chi connectivity index (χ1v) is 5.91. The molecular weight excluding hydrogens is 234 g/mol. The second kappa shape index (κ2) is 5.71. The van der Waals surface area contributed by atoms with Crippen molar-refractivity contribution in [2.45, 2.75) is 33.6 Å². The maximum Gasteiger partial charge on any atom is 0.355 e. The molecule has 100 valence electrons. The molecule has 0 saturated heterocycles. The lowest BCUT2D eigenvalue weighted by Crippen LogP contribution is -2.11. The van der Waals surface area contributed by atoms with E-state index in [1.54, 1.807) is 13.8 Å². The molecule has 1 heterocycles. The Balaban J connectivity index is 3.37. The molecule has 0 unspecified atom stereocenters. The van der Waals surface area contributed by atoms with Crippen molar-refractivity contribution < 1.29 is 19.1 Å². The van der Waals surface area contributed by atoms with Crippen molar-refractivity contribution in [3.63, 3.8) is 0 Å². The molecule has 5 nitrogen and oxygen atoms in total. The second-order valence-electron chi connectivity index (χ2n) is 4.28. The van der Waals surface area contributed by atoms with Gasteiger partial charge in [0.25, 0.3) is 0 Å². The van der Waals surface area contributed by atoms with Gasteiger partial charge >= 0.3 is 11.9 Å². The van der Waals surface area contributed by atoms with Crippen molar-refractivity contribution in [3.8, 4) is 0 Å². The van der Waals surface area contributed by atoms with E-state index < -0.39 is 11.9 Å². The van der Waals surface area contributed by atoms with Gasteiger partial charge in [-0.3, -0.25) is 0 Å². The van der Waals surface area contributed by atoms with E-state index in [1.807, 2.05) is 13.8 Å². The summed E-state index contributed by atoms with van der Waals surface area (Å²) in [5.74, 6) is -0.870. The molecule has 0 fully saturated rings. The number of aromatic nitrogens is 1. The molecule has 0 amide bonds. The quantitative estimate of drug-likeness (QED) is 0.837. The third-order valence-electron chi connectivity index (χ3n) is 2.67. The van der Waals surface area contributed by atoms with E-state index in [1.165, 1.54) is 7.11 Å². The molecule has 1 N–H and O–H groups in total. The zero-order chi connectivity index (χ0) is 13.9. The number of rotatable bonds is 4. The SMILES string of the molecule is CCOC(=O)c1[nH]c(C)c(C(=O)OC)c1C(C)C. The van der Waals surface area contributed by atoms with Gasteiger partial charge in [-0.05, 0) is 19.8 Å². The summed E-state index contributed by atoms with van der Waals surface area (Å²) in [6.07, 6.45) is 0. The highest BCUT2D eigenvalue weighted by Crippen LogP contribution is 2.27. The summed E-state index contributed by atoms with van der Waals surface area (Å²) in [7, 11) is 1.32. The van der Waals surface area contributed by atoms with Gasteiger partial charge in [-0.1, -0.05) is 13.8 Å². The van der Waals surface area contributed by atoms with Gasteiger partial charge in [-0.25, -0.2) is 9.59 Å². The van der Waals surface area contributed by atoms with E-state index in [4.69, 9.17) is 9.47 Å². The molecule has 0 aromatic carbocycles. The minimum absolute atomic E-state index is 0.0171. The normalized spacial score (nSPS) is 10.6. The molecule has 0 saturated carbocycles. The molecule has 1 aromatic heterocycles. The van der Waals surface area contributed by atoms with Crippen LogP contribution in [0, 0.1) is 6.92 Å². The average molecular weight is 253 g/mol. The van der Waals surface area contributed by atoms with Crippen LogP contribution in [0.5, 0.6) is 0 Å². The molecule has 0 spiro atoms. The summed E-state index contributed by atoms with van der Waals surface area (Å²) in [4.78, 5) is 26.5. The van der Waals surface area contributed by atoms with Crippen molar-refractivity contribution in [2.75, 3.05) is 13.7 Å². The number of H-pyrrole nitrogens is 1. The lowest BCUT2D eigenvalue weighted by Gasteiger charge is -2.09. The van der Waals surface area contributed by atoms with Gasteiger partial charge in [0.1, 0.15) is 5.69 Å². The highest BCUT2D eigenvalue weighted by Gasteiger charge is 2.27.